The van der Waals surface area contributed by atoms with Crippen molar-refractivity contribution in [1.29, 1.82) is 0 Å². The van der Waals surface area contributed by atoms with E-state index in [1.54, 1.807) is 12.1 Å². The molecular formula is C14H14N2O4. The average Bonchev–Trinajstić information content (AvgIpc) is 2.47. The van der Waals surface area contributed by atoms with E-state index in [9.17, 15) is 15.0 Å². The van der Waals surface area contributed by atoms with Crippen molar-refractivity contribution < 1.29 is 19.7 Å². The number of fused-ring (bicyclic) bond motifs is 1. The minimum absolute atomic E-state index is 0.0138. The molecule has 1 saturated heterocycles. The Bertz CT molecular complexity index is 666. The van der Waals surface area contributed by atoms with Crippen LogP contribution in [0.5, 0.6) is 5.75 Å². The van der Waals surface area contributed by atoms with Gasteiger partial charge in [0.05, 0.1) is 13.2 Å². The molecule has 0 unspecified atom stereocenters. The Morgan fingerprint density at radius 2 is 2.05 bits per heavy atom. The average molecular weight is 274 g/mol. The van der Waals surface area contributed by atoms with Gasteiger partial charge in [-0.05, 0) is 12.1 Å². The maximum Gasteiger partial charge on any atom is 0.354 e. The van der Waals surface area contributed by atoms with Crippen molar-refractivity contribution in [3.63, 3.8) is 0 Å². The van der Waals surface area contributed by atoms with E-state index in [0.717, 1.165) is 11.1 Å². The summed E-state index contributed by atoms with van der Waals surface area (Å²) in [5, 5.41) is 19.8. The number of pyridine rings is 1. The fourth-order valence-electron chi connectivity index (χ4n) is 2.39. The third kappa shape index (κ3) is 2.14. The van der Waals surface area contributed by atoms with Gasteiger partial charge in [-0.3, -0.25) is 0 Å². The molecule has 104 valence electrons. The first-order valence-electron chi connectivity index (χ1n) is 6.35. The number of morpholine rings is 1. The number of anilines is 1. The van der Waals surface area contributed by atoms with Gasteiger partial charge in [0.2, 0.25) is 0 Å². The van der Waals surface area contributed by atoms with Gasteiger partial charge in [-0.2, -0.15) is 0 Å². The SMILES string of the molecule is O=C(O)c1cc(N2CCOCC2)c2cccc(O)c2n1. The Morgan fingerprint density at radius 1 is 1.30 bits per heavy atom. The number of carbonyl (C=O) groups is 1. The highest BCUT2D eigenvalue weighted by Crippen LogP contribution is 2.32. The summed E-state index contributed by atoms with van der Waals surface area (Å²) < 4.78 is 5.31. The van der Waals surface area contributed by atoms with Crippen LogP contribution < -0.4 is 4.90 Å². The quantitative estimate of drug-likeness (QED) is 0.863. The van der Waals surface area contributed by atoms with Crippen molar-refractivity contribution in [2.75, 3.05) is 31.2 Å². The third-order valence-corrected chi connectivity index (χ3v) is 3.37. The van der Waals surface area contributed by atoms with Gasteiger partial charge in [-0.25, -0.2) is 9.78 Å². The van der Waals surface area contributed by atoms with Crippen molar-refractivity contribution in [2.24, 2.45) is 0 Å². The maximum atomic E-state index is 11.2. The number of hydrogen-bond donors (Lipinski definition) is 2. The number of ether oxygens (including phenoxy) is 1. The second-order valence-electron chi connectivity index (χ2n) is 4.60. The number of aromatic hydroxyl groups is 1. The van der Waals surface area contributed by atoms with Crippen LogP contribution in [0.2, 0.25) is 0 Å². The second-order valence-corrected chi connectivity index (χ2v) is 4.60. The van der Waals surface area contributed by atoms with Crippen LogP contribution >= 0.6 is 0 Å². The summed E-state index contributed by atoms with van der Waals surface area (Å²) in [6.45, 7) is 2.58. The first kappa shape index (κ1) is 12.7. The molecule has 2 heterocycles. The Kier molecular flexibility index (Phi) is 3.15. The summed E-state index contributed by atoms with van der Waals surface area (Å²) in [5.74, 6) is -1.12. The summed E-state index contributed by atoms with van der Waals surface area (Å²) in [6.07, 6.45) is 0. The molecule has 20 heavy (non-hydrogen) atoms. The Balaban J connectivity index is 2.22. The molecule has 2 aromatic rings. The number of aromatic nitrogens is 1. The number of benzene rings is 1. The van der Waals surface area contributed by atoms with Crippen LogP contribution in [-0.2, 0) is 4.74 Å². The van der Waals surface area contributed by atoms with Crippen molar-refractivity contribution in [1.82, 2.24) is 4.98 Å². The molecule has 6 heteroatoms. The molecule has 3 rings (SSSR count). The number of hydrogen-bond acceptors (Lipinski definition) is 5. The number of nitrogens with zero attached hydrogens (tertiary/aromatic N) is 2. The molecule has 1 aromatic carbocycles. The van der Waals surface area contributed by atoms with E-state index < -0.39 is 5.97 Å². The summed E-state index contributed by atoms with van der Waals surface area (Å²) in [7, 11) is 0. The zero-order valence-electron chi connectivity index (χ0n) is 10.7. The molecule has 2 N–H and O–H groups in total. The Hall–Kier alpha value is -2.34. The molecule has 0 saturated carbocycles. The summed E-state index contributed by atoms with van der Waals surface area (Å²) in [5.41, 5.74) is 1.01. The first-order chi connectivity index (χ1) is 9.66. The predicted octanol–water partition coefficient (Wildman–Crippen LogP) is 1.48. The first-order valence-corrected chi connectivity index (χ1v) is 6.35. The van der Waals surface area contributed by atoms with Crippen molar-refractivity contribution in [3.05, 3.63) is 30.0 Å². The van der Waals surface area contributed by atoms with E-state index >= 15 is 0 Å². The summed E-state index contributed by atoms with van der Waals surface area (Å²) in [6, 6.07) is 6.61. The highest BCUT2D eigenvalue weighted by Gasteiger charge is 2.19. The van der Waals surface area contributed by atoms with E-state index in [4.69, 9.17) is 4.74 Å². The van der Waals surface area contributed by atoms with Crippen LogP contribution in [0, 0.1) is 0 Å². The lowest BCUT2D eigenvalue weighted by molar-refractivity contribution is 0.0691. The van der Waals surface area contributed by atoms with Crippen molar-refractivity contribution >= 4 is 22.6 Å². The van der Waals surface area contributed by atoms with Gasteiger partial charge in [0.1, 0.15) is 11.3 Å². The number of phenolic OH excluding ortho intramolecular Hbond substituents is 1. The Morgan fingerprint density at radius 3 is 2.75 bits per heavy atom. The highest BCUT2D eigenvalue weighted by molar-refractivity contribution is 5.99. The van der Waals surface area contributed by atoms with Crippen LogP contribution in [0.3, 0.4) is 0 Å². The molecule has 1 aliphatic rings. The minimum Gasteiger partial charge on any atom is -0.506 e. The number of rotatable bonds is 2. The van der Waals surface area contributed by atoms with E-state index in [2.05, 4.69) is 9.88 Å². The van der Waals surface area contributed by atoms with Crippen LogP contribution in [-0.4, -0.2) is 47.5 Å². The molecule has 1 aliphatic heterocycles. The maximum absolute atomic E-state index is 11.2. The molecular weight excluding hydrogens is 260 g/mol. The molecule has 6 nitrogen and oxygen atoms in total. The highest BCUT2D eigenvalue weighted by atomic mass is 16.5. The fourth-order valence-corrected chi connectivity index (χ4v) is 2.39. The normalized spacial score (nSPS) is 15.5. The van der Waals surface area contributed by atoms with Crippen molar-refractivity contribution in [2.45, 2.75) is 0 Å². The van der Waals surface area contributed by atoms with Crippen LogP contribution in [0.4, 0.5) is 5.69 Å². The van der Waals surface area contributed by atoms with Gasteiger partial charge in [-0.1, -0.05) is 12.1 Å². The van der Waals surface area contributed by atoms with E-state index in [-0.39, 0.29) is 11.4 Å². The molecule has 0 amide bonds. The van der Waals surface area contributed by atoms with E-state index in [1.165, 1.54) is 6.07 Å². The number of para-hydroxylation sites is 1. The monoisotopic (exact) mass is 274 g/mol. The van der Waals surface area contributed by atoms with Crippen LogP contribution in [0.1, 0.15) is 10.5 Å². The third-order valence-electron chi connectivity index (χ3n) is 3.37. The summed E-state index contributed by atoms with van der Waals surface area (Å²) in [4.78, 5) is 17.3. The molecule has 1 aromatic heterocycles. The van der Waals surface area contributed by atoms with E-state index in [1.807, 2.05) is 6.07 Å². The Labute approximate surface area is 115 Å². The number of carboxylic acids is 1. The topological polar surface area (TPSA) is 82.9 Å². The van der Waals surface area contributed by atoms with Gasteiger partial charge >= 0.3 is 5.97 Å². The lowest BCUT2D eigenvalue weighted by atomic mass is 10.1. The number of aromatic carboxylic acids is 1. The second kappa shape index (κ2) is 4.97. The predicted molar refractivity (Wildman–Crippen MR) is 73.4 cm³/mol. The molecule has 0 atom stereocenters. The lowest BCUT2D eigenvalue weighted by Crippen LogP contribution is -2.36. The fraction of sp³-hybridized carbons (Fsp3) is 0.286. The molecule has 1 fully saturated rings. The van der Waals surface area contributed by atoms with Crippen LogP contribution in [0.15, 0.2) is 24.3 Å². The van der Waals surface area contributed by atoms with Gasteiger partial charge in [0, 0.05) is 24.2 Å². The number of carboxylic acid groups (broad SMARTS) is 1. The molecule has 0 spiro atoms. The lowest BCUT2D eigenvalue weighted by Gasteiger charge is -2.30. The van der Waals surface area contributed by atoms with Crippen molar-refractivity contribution in [3.8, 4) is 5.75 Å². The van der Waals surface area contributed by atoms with Gasteiger partial charge in [0.15, 0.2) is 5.69 Å². The molecule has 0 aliphatic carbocycles. The standard InChI is InChI=1S/C14H14N2O4/c17-12-3-1-2-9-11(16-4-6-20-7-5-16)8-10(14(18)19)15-13(9)12/h1-3,8,17H,4-7H2,(H,18,19). The van der Waals surface area contributed by atoms with Crippen LogP contribution in [0.25, 0.3) is 10.9 Å². The number of phenols is 1. The van der Waals surface area contributed by atoms with Gasteiger partial charge < -0.3 is 19.8 Å². The smallest absolute Gasteiger partial charge is 0.354 e. The largest absolute Gasteiger partial charge is 0.506 e. The van der Waals surface area contributed by atoms with E-state index in [0.29, 0.717) is 31.8 Å². The minimum atomic E-state index is -1.11. The van der Waals surface area contributed by atoms with Gasteiger partial charge in [0.25, 0.3) is 0 Å². The summed E-state index contributed by atoms with van der Waals surface area (Å²) >= 11 is 0. The van der Waals surface area contributed by atoms with Gasteiger partial charge in [-0.15, -0.1) is 0 Å². The molecule has 0 bridgehead atoms. The zero-order valence-corrected chi connectivity index (χ0v) is 10.7. The zero-order chi connectivity index (χ0) is 14.1. The molecule has 0 radical (unpaired) electrons.